The molecule has 0 aliphatic carbocycles. The van der Waals surface area contributed by atoms with Crippen LogP contribution in [0.25, 0.3) is 11.6 Å². The zero-order chi connectivity index (χ0) is 21.8. The maximum absolute atomic E-state index is 13.4. The Morgan fingerprint density at radius 2 is 1.65 bits per heavy atom. The lowest BCUT2D eigenvalue weighted by Crippen LogP contribution is -2.21. The van der Waals surface area contributed by atoms with Crippen molar-refractivity contribution >= 4 is 44.9 Å². The van der Waals surface area contributed by atoms with Crippen LogP contribution in [0.2, 0.25) is 0 Å². The fraction of sp³-hybridized carbons (Fsp3) is 0.0769. The summed E-state index contributed by atoms with van der Waals surface area (Å²) < 4.78 is 6.22. The third kappa shape index (κ3) is 4.52. The lowest BCUT2D eigenvalue weighted by atomic mass is 9.96. The minimum absolute atomic E-state index is 0.138. The first-order valence-electron chi connectivity index (χ1n) is 9.84. The van der Waals surface area contributed by atoms with Crippen molar-refractivity contribution in [1.29, 1.82) is 0 Å². The van der Waals surface area contributed by atoms with Gasteiger partial charge in [-0.05, 0) is 60.0 Å². The SMILES string of the molecule is COc1ccc(/C=C/C(=C2\C(=O)N(c3ccccc3)N=C2C)c2ccc(Br)cc2)cc1. The van der Waals surface area contributed by atoms with Crippen LogP contribution in [0.4, 0.5) is 5.69 Å². The summed E-state index contributed by atoms with van der Waals surface area (Å²) in [6.45, 7) is 1.87. The molecule has 0 atom stereocenters. The maximum Gasteiger partial charge on any atom is 0.281 e. The number of benzene rings is 3. The highest BCUT2D eigenvalue weighted by atomic mass is 79.9. The first-order valence-corrected chi connectivity index (χ1v) is 10.6. The number of hydrazone groups is 1. The van der Waals surface area contributed by atoms with Gasteiger partial charge < -0.3 is 4.74 Å². The van der Waals surface area contributed by atoms with Crippen LogP contribution in [0, 0.1) is 0 Å². The molecule has 1 amide bonds. The fourth-order valence-electron chi connectivity index (χ4n) is 3.41. The summed E-state index contributed by atoms with van der Waals surface area (Å²) in [6.07, 6.45) is 3.97. The molecule has 0 saturated heterocycles. The molecule has 0 unspecified atom stereocenters. The number of methoxy groups -OCH3 is 1. The van der Waals surface area contributed by atoms with E-state index in [2.05, 4.69) is 21.0 Å². The van der Waals surface area contributed by atoms with Crippen molar-refractivity contribution in [1.82, 2.24) is 0 Å². The average molecular weight is 473 g/mol. The lowest BCUT2D eigenvalue weighted by molar-refractivity contribution is -0.114. The highest BCUT2D eigenvalue weighted by molar-refractivity contribution is 9.10. The van der Waals surface area contributed by atoms with Gasteiger partial charge >= 0.3 is 0 Å². The van der Waals surface area contributed by atoms with E-state index in [-0.39, 0.29) is 5.91 Å². The summed E-state index contributed by atoms with van der Waals surface area (Å²) in [7, 11) is 1.65. The topological polar surface area (TPSA) is 41.9 Å². The van der Waals surface area contributed by atoms with Gasteiger partial charge in [0.1, 0.15) is 5.75 Å². The molecule has 0 bridgehead atoms. The number of hydrogen-bond donors (Lipinski definition) is 0. The van der Waals surface area contributed by atoms with E-state index >= 15 is 0 Å². The second kappa shape index (κ2) is 9.14. The Morgan fingerprint density at radius 1 is 0.968 bits per heavy atom. The van der Waals surface area contributed by atoms with Gasteiger partial charge in [0.15, 0.2) is 0 Å². The van der Waals surface area contributed by atoms with Crippen LogP contribution in [-0.2, 0) is 4.79 Å². The molecule has 4 rings (SSSR count). The van der Waals surface area contributed by atoms with E-state index in [1.807, 2.05) is 97.9 Å². The van der Waals surface area contributed by atoms with Crippen molar-refractivity contribution in [3.05, 3.63) is 106 Å². The van der Waals surface area contributed by atoms with Crippen LogP contribution in [0.5, 0.6) is 5.75 Å². The molecule has 0 radical (unpaired) electrons. The summed E-state index contributed by atoms with van der Waals surface area (Å²) in [5.74, 6) is 0.664. The summed E-state index contributed by atoms with van der Waals surface area (Å²) in [5, 5.41) is 6.01. The number of para-hydroxylation sites is 1. The number of ether oxygens (including phenoxy) is 1. The molecule has 0 aromatic heterocycles. The number of carbonyl (C=O) groups excluding carboxylic acids is 1. The molecular formula is C26H21BrN2O2. The number of rotatable bonds is 5. The van der Waals surface area contributed by atoms with E-state index in [4.69, 9.17) is 4.74 Å². The molecule has 0 N–H and O–H groups in total. The van der Waals surface area contributed by atoms with Crippen molar-refractivity contribution < 1.29 is 9.53 Å². The van der Waals surface area contributed by atoms with E-state index in [0.29, 0.717) is 11.3 Å². The number of carbonyl (C=O) groups is 1. The fourth-order valence-corrected chi connectivity index (χ4v) is 3.67. The standard InChI is InChI=1S/C26H21BrN2O2/c1-18-25(26(30)29(28-18)22-6-4-3-5-7-22)24(20-11-13-21(27)14-12-20)17-10-19-8-15-23(31-2)16-9-19/h3-17H,1-2H3/b17-10+,25-24+. The van der Waals surface area contributed by atoms with Crippen molar-refractivity contribution in [2.45, 2.75) is 6.92 Å². The maximum atomic E-state index is 13.4. The normalized spacial score (nSPS) is 15.4. The third-order valence-electron chi connectivity index (χ3n) is 5.00. The van der Waals surface area contributed by atoms with Crippen LogP contribution in [-0.4, -0.2) is 18.7 Å². The second-order valence-electron chi connectivity index (χ2n) is 7.04. The molecule has 1 heterocycles. The van der Waals surface area contributed by atoms with Gasteiger partial charge in [0.05, 0.1) is 24.1 Å². The van der Waals surface area contributed by atoms with Gasteiger partial charge in [0, 0.05) is 4.47 Å². The highest BCUT2D eigenvalue weighted by Crippen LogP contribution is 2.31. The minimum atomic E-state index is -0.138. The number of hydrogen-bond acceptors (Lipinski definition) is 3. The Kier molecular flexibility index (Phi) is 6.14. The van der Waals surface area contributed by atoms with Gasteiger partial charge in [-0.15, -0.1) is 0 Å². The number of anilines is 1. The number of amides is 1. The van der Waals surface area contributed by atoms with E-state index in [1.165, 1.54) is 5.01 Å². The molecule has 0 fully saturated rings. The van der Waals surface area contributed by atoms with Gasteiger partial charge in [0.25, 0.3) is 5.91 Å². The van der Waals surface area contributed by atoms with Gasteiger partial charge in [0.2, 0.25) is 0 Å². The lowest BCUT2D eigenvalue weighted by Gasteiger charge is -2.13. The second-order valence-corrected chi connectivity index (χ2v) is 7.96. The Labute approximate surface area is 190 Å². The molecule has 154 valence electrons. The van der Waals surface area contributed by atoms with Crippen molar-refractivity contribution in [2.75, 3.05) is 12.1 Å². The van der Waals surface area contributed by atoms with Gasteiger partial charge in [-0.2, -0.15) is 10.1 Å². The molecule has 3 aromatic rings. The Hall–Kier alpha value is -3.44. The summed E-state index contributed by atoms with van der Waals surface area (Å²) >= 11 is 3.49. The number of allylic oxidation sites excluding steroid dienone is 2. The Morgan fingerprint density at radius 3 is 2.29 bits per heavy atom. The summed E-state index contributed by atoms with van der Waals surface area (Å²) in [5.41, 5.74) is 4.81. The van der Waals surface area contributed by atoms with Gasteiger partial charge in [-0.1, -0.05) is 70.5 Å². The van der Waals surface area contributed by atoms with Crippen LogP contribution in [0.1, 0.15) is 18.1 Å². The van der Waals surface area contributed by atoms with Gasteiger partial charge in [-0.25, -0.2) is 0 Å². The molecular weight excluding hydrogens is 452 g/mol. The predicted molar refractivity (Wildman–Crippen MR) is 130 cm³/mol. The molecule has 0 saturated carbocycles. The molecule has 0 spiro atoms. The largest absolute Gasteiger partial charge is 0.497 e. The average Bonchev–Trinajstić information content (AvgIpc) is 3.10. The Bertz CT molecular complexity index is 1180. The zero-order valence-corrected chi connectivity index (χ0v) is 18.8. The van der Waals surface area contributed by atoms with Crippen LogP contribution >= 0.6 is 15.9 Å². The smallest absolute Gasteiger partial charge is 0.281 e. The molecule has 4 nitrogen and oxygen atoms in total. The molecule has 5 heteroatoms. The van der Waals surface area contributed by atoms with E-state index in [0.717, 1.165) is 32.6 Å². The molecule has 1 aliphatic rings. The third-order valence-corrected chi connectivity index (χ3v) is 5.53. The summed E-state index contributed by atoms with van der Waals surface area (Å²) in [4.78, 5) is 13.4. The number of halogens is 1. The minimum Gasteiger partial charge on any atom is -0.497 e. The highest BCUT2D eigenvalue weighted by Gasteiger charge is 2.31. The van der Waals surface area contributed by atoms with Crippen LogP contribution < -0.4 is 9.75 Å². The van der Waals surface area contributed by atoms with E-state index < -0.39 is 0 Å². The van der Waals surface area contributed by atoms with Crippen molar-refractivity contribution in [2.24, 2.45) is 5.10 Å². The molecule has 31 heavy (non-hydrogen) atoms. The first kappa shape index (κ1) is 20.8. The van der Waals surface area contributed by atoms with Crippen LogP contribution in [0.15, 0.2) is 100 Å². The van der Waals surface area contributed by atoms with Crippen LogP contribution in [0.3, 0.4) is 0 Å². The predicted octanol–water partition coefficient (Wildman–Crippen LogP) is 6.35. The quantitative estimate of drug-likeness (QED) is 0.406. The molecule has 3 aromatic carbocycles. The van der Waals surface area contributed by atoms with Crippen molar-refractivity contribution in [3.8, 4) is 5.75 Å². The zero-order valence-electron chi connectivity index (χ0n) is 17.2. The summed E-state index contributed by atoms with van der Waals surface area (Å²) in [6, 6.07) is 25.2. The first-order chi connectivity index (χ1) is 15.1. The van der Waals surface area contributed by atoms with Crippen molar-refractivity contribution in [3.63, 3.8) is 0 Å². The number of nitrogens with zero attached hydrogens (tertiary/aromatic N) is 2. The molecule has 1 aliphatic heterocycles. The van der Waals surface area contributed by atoms with Gasteiger partial charge in [-0.3, -0.25) is 4.79 Å². The Balaban J connectivity index is 1.79. The van der Waals surface area contributed by atoms with E-state index in [9.17, 15) is 4.79 Å². The van der Waals surface area contributed by atoms with E-state index in [1.54, 1.807) is 7.11 Å². The monoisotopic (exact) mass is 472 g/mol.